The molecule has 4 heteroatoms. The lowest BCUT2D eigenvalue weighted by molar-refractivity contribution is -0.131. The van der Waals surface area contributed by atoms with Crippen molar-refractivity contribution >= 4 is 17.2 Å². The lowest BCUT2D eigenvalue weighted by atomic mass is 10.2. The van der Waals surface area contributed by atoms with Gasteiger partial charge in [0.15, 0.2) is 0 Å². The molecule has 1 amide bonds. The Morgan fingerprint density at radius 3 is 3.11 bits per heavy atom. The number of nitrogens with zero attached hydrogens (tertiary/aromatic N) is 1. The standard InChI is InChI=1S/C14H18N2OS/c15-7-4-5-12-9-13(18-11-12)10-16-8-3-1-2-6-14(16)17/h9,11H,1-3,6-8,10,15H2. The quantitative estimate of drug-likeness (QED) is 0.828. The lowest BCUT2D eigenvalue weighted by Gasteiger charge is -2.19. The molecule has 0 unspecified atom stereocenters. The molecule has 1 aromatic rings. The molecule has 3 nitrogen and oxygen atoms in total. The zero-order valence-corrected chi connectivity index (χ0v) is 11.3. The normalized spacial score (nSPS) is 16.1. The van der Waals surface area contributed by atoms with Gasteiger partial charge in [-0.3, -0.25) is 4.79 Å². The molecule has 0 aromatic carbocycles. The van der Waals surface area contributed by atoms with Crippen molar-refractivity contribution in [2.45, 2.75) is 32.2 Å². The van der Waals surface area contributed by atoms with Crippen LogP contribution in [0.5, 0.6) is 0 Å². The predicted molar refractivity (Wildman–Crippen MR) is 74.1 cm³/mol. The second-order valence-corrected chi connectivity index (χ2v) is 5.43. The smallest absolute Gasteiger partial charge is 0.222 e. The Hall–Kier alpha value is -1.31. The van der Waals surface area contributed by atoms with E-state index in [1.54, 1.807) is 11.3 Å². The molecule has 1 aromatic heterocycles. The first-order valence-electron chi connectivity index (χ1n) is 6.33. The zero-order chi connectivity index (χ0) is 12.8. The van der Waals surface area contributed by atoms with Crippen molar-refractivity contribution in [1.82, 2.24) is 4.90 Å². The molecule has 1 aliphatic heterocycles. The Labute approximate surface area is 112 Å². The van der Waals surface area contributed by atoms with Gasteiger partial charge in [-0.25, -0.2) is 0 Å². The van der Waals surface area contributed by atoms with Crippen molar-refractivity contribution in [2.24, 2.45) is 5.73 Å². The first kappa shape index (κ1) is 13.1. The fraction of sp³-hybridized carbons (Fsp3) is 0.500. The number of rotatable bonds is 2. The summed E-state index contributed by atoms with van der Waals surface area (Å²) in [6.07, 6.45) is 4.02. The number of carbonyl (C=O) groups excluding carboxylic acids is 1. The third kappa shape index (κ3) is 3.59. The number of likely N-dealkylation sites (tertiary alicyclic amines) is 1. The summed E-state index contributed by atoms with van der Waals surface area (Å²) in [5.74, 6) is 6.15. The molecule has 0 spiro atoms. The summed E-state index contributed by atoms with van der Waals surface area (Å²) >= 11 is 1.67. The van der Waals surface area contributed by atoms with E-state index in [-0.39, 0.29) is 5.91 Å². The van der Waals surface area contributed by atoms with E-state index in [0.29, 0.717) is 13.0 Å². The van der Waals surface area contributed by atoms with Crippen molar-refractivity contribution in [2.75, 3.05) is 13.1 Å². The third-order valence-corrected chi connectivity index (χ3v) is 3.93. The van der Waals surface area contributed by atoms with Crippen LogP contribution in [0, 0.1) is 11.8 Å². The summed E-state index contributed by atoms with van der Waals surface area (Å²) in [6, 6.07) is 2.06. The van der Waals surface area contributed by atoms with Gasteiger partial charge < -0.3 is 10.6 Å². The van der Waals surface area contributed by atoms with Crippen LogP contribution in [0.15, 0.2) is 11.4 Å². The minimum absolute atomic E-state index is 0.287. The van der Waals surface area contributed by atoms with Gasteiger partial charge in [0.2, 0.25) is 5.91 Å². The van der Waals surface area contributed by atoms with Crippen LogP contribution in [0.4, 0.5) is 0 Å². The van der Waals surface area contributed by atoms with E-state index in [4.69, 9.17) is 5.73 Å². The molecular formula is C14H18N2OS. The van der Waals surface area contributed by atoms with Crippen LogP contribution in [0.25, 0.3) is 0 Å². The van der Waals surface area contributed by atoms with Crippen LogP contribution in [-0.4, -0.2) is 23.9 Å². The van der Waals surface area contributed by atoms with Crippen molar-refractivity contribution in [3.8, 4) is 11.8 Å². The highest BCUT2D eigenvalue weighted by Gasteiger charge is 2.17. The van der Waals surface area contributed by atoms with Gasteiger partial charge in [-0.15, -0.1) is 11.3 Å². The van der Waals surface area contributed by atoms with E-state index in [1.807, 2.05) is 10.3 Å². The zero-order valence-electron chi connectivity index (χ0n) is 10.4. The Balaban J connectivity index is 1.99. The second-order valence-electron chi connectivity index (χ2n) is 4.43. The van der Waals surface area contributed by atoms with Crippen LogP contribution in [0.1, 0.15) is 36.1 Å². The Morgan fingerprint density at radius 2 is 2.28 bits per heavy atom. The van der Waals surface area contributed by atoms with Gasteiger partial charge >= 0.3 is 0 Å². The fourth-order valence-electron chi connectivity index (χ4n) is 2.08. The van der Waals surface area contributed by atoms with E-state index >= 15 is 0 Å². The van der Waals surface area contributed by atoms with Crippen LogP contribution in [0.2, 0.25) is 0 Å². The summed E-state index contributed by atoms with van der Waals surface area (Å²) in [7, 11) is 0. The molecule has 2 N–H and O–H groups in total. The molecule has 0 radical (unpaired) electrons. The van der Waals surface area contributed by atoms with Crippen LogP contribution < -0.4 is 5.73 Å². The molecule has 96 valence electrons. The molecule has 1 aliphatic rings. The first-order valence-corrected chi connectivity index (χ1v) is 7.21. The maximum Gasteiger partial charge on any atom is 0.222 e. The molecular weight excluding hydrogens is 244 g/mol. The highest BCUT2D eigenvalue weighted by Crippen LogP contribution is 2.19. The van der Waals surface area contributed by atoms with E-state index in [9.17, 15) is 4.79 Å². The summed E-state index contributed by atoms with van der Waals surface area (Å²) in [6.45, 7) is 2.00. The largest absolute Gasteiger partial charge is 0.338 e. The van der Waals surface area contributed by atoms with Gasteiger partial charge in [0.1, 0.15) is 0 Å². The van der Waals surface area contributed by atoms with Gasteiger partial charge in [-0.1, -0.05) is 18.3 Å². The maximum absolute atomic E-state index is 11.9. The third-order valence-electron chi connectivity index (χ3n) is 3.01. The molecule has 0 saturated carbocycles. The molecule has 1 saturated heterocycles. The van der Waals surface area contributed by atoms with Gasteiger partial charge in [-0.2, -0.15) is 0 Å². The number of thiophene rings is 1. The number of amides is 1. The molecule has 0 bridgehead atoms. The minimum atomic E-state index is 0.287. The SMILES string of the molecule is NCC#Cc1csc(CN2CCCCCC2=O)c1. The lowest BCUT2D eigenvalue weighted by Crippen LogP contribution is -2.29. The topological polar surface area (TPSA) is 46.3 Å². The van der Waals surface area contributed by atoms with Gasteiger partial charge in [-0.05, 0) is 18.9 Å². The Kier molecular flexibility index (Phi) is 4.80. The van der Waals surface area contributed by atoms with Crippen LogP contribution in [0.3, 0.4) is 0 Å². The summed E-state index contributed by atoms with van der Waals surface area (Å²) in [4.78, 5) is 15.1. The van der Waals surface area contributed by atoms with E-state index in [2.05, 4.69) is 17.9 Å². The summed E-state index contributed by atoms with van der Waals surface area (Å²) in [5, 5.41) is 2.03. The number of hydrogen-bond acceptors (Lipinski definition) is 3. The molecule has 2 heterocycles. The molecule has 0 aliphatic carbocycles. The van der Waals surface area contributed by atoms with Crippen molar-refractivity contribution in [1.29, 1.82) is 0 Å². The van der Waals surface area contributed by atoms with Crippen LogP contribution in [-0.2, 0) is 11.3 Å². The second kappa shape index (κ2) is 6.58. The average Bonchev–Trinajstić information content (AvgIpc) is 2.72. The molecule has 1 fully saturated rings. The molecule has 2 rings (SSSR count). The van der Waals surface area contributed by atoms with Crippen molar-refractivity contribution in [3.63, 3.8) is 0 Å². The van der Waals surface area contributed by atoms with Crippen molar-refractivity contribution in [3.05, 3.63) is 21.9 Å². The molecule has 18 heavy (non-hydrogen) atoms. The minimum Gasteiger partial charge on any atom is -0.338 e. The van der Waals surface area contributed by atoms with E-state index in [1.165, 1.54) is 11.3 Å². The Morgan fingerprint density at radius 1 is 1.39 bits per heavy atom. The highest BCUT2D eigenvalue weighted by molar-refractivity contribution is 7.10. The van der Waals surface area contributed by atoms with Gasteiger partial charge in [0, 0.05) is 28.8 Å². The monoisotopic (exact) mass is 262 g/mol. The van der Waals surface area contributed by atoms with Crippen molar-refractivity contribution < 1.29 is 4.79 Å². The first-order chi connectivity index (χ1) is 8.79. The van der Waals surface area contributed by atoms with Gasteiger partial charge in [0.25, 0.3) is 0 Å². The summed E-state index contributed by atoms with van der Waals surface area (Å²) in [5.41, 5.74) is 6.35. The predicted octanol–water partition coefficient (Wildman–Crippen LogP) is 1.96. The number of nitrogens with two attached hydrogens (primary N) is 1. The molecule has 0 atom stereocenters. The van der Waals surface area contributed by atoms with Crippen LogP contribution >= 0.6 is 11.3 Å². The summed E-state index contributed by atoms with van der Waals surface area (Å²) < 4.78 is 0. The number of carbonyl (C=O) groups is 1. The number of hydrogen-bond donors (Lipinski definition) is 1. The average molecular weight is 262 g/mol. The Bertz CT molecular complexity index is 470. The fourth-order valence-corrected chi connectivity index (χ4v) is 2.91. The highest BCUT2D eigenvalue weighted by atomic mass is 32.1. The van der Waals surface area contributed by atoms with E-state index < -0.39 is 0 Å². The maximum atomic E-state index is 11.9. The van der Waals surface area contributed by atoms with Gasteiger partial charge in [0.05, 0.1) is 13.1 Å². The van der Waals surface area contributed by atoms with E-state index in [0.717, 1.165) is 31.5 Å².